The van der Waals surface area contributed by atoms with Crippen LogP contribution < -0.4 is 15.4 Å². The topological polar surface area (TPSA) is 66.4 Å². The molecule has 3 saturated carbocycles. The highest BCUT2D eigenvalue weighted by Crippen LogP contribution is 2.55. The second-order valence-corrected chi connectivity index (χ2v) is 10.2. The largest absolute Gasteiger partial charge is 0.491 e. The second kappa shape index (κ2) is 9.01. The van der Waals surface area contributed by atoms with Gasteiger partial charge in [0.2, 0.25) is 0 Å². The van der Waals surface area contributed by atoms with Crippen molar-refractivity contribution >= 4 is 34.1 Å². The molecular formula is C25H26Cl2FN3O2. The van der Waals surface area contributed by atoms with Gasteiger partial charge in [-0.05, 0) is 62.1 Å². The van der Waals surface area contributed by atoms with Gasteiger partial charge >= 0.3 is 0 Å². The molecule has 3 aliphatic carbocycles. The zero-order chi connectivity index (χ0) is 23.1. The van der Waals surface area contributed by atoms with Gasteiger partial charge in [-0.25, -0.2) is 4.39 Å². The number of aliphatic hydroxyl groups excluding tert-OH is 1. The highest BCUT2D eigenvalue weighted by atomic mass is 35.5. The van der Waals surface area contributed by atoms with Crippen molar-refractivity contribution in [2.45, 2.75) is 49.4 Å². The molecule has 1 unspecified atom stereocenters. The van der Waals surface area contributed by atoms with Crippen LogP contribution in [-0.2, 0) is 6.54 Å². The summed E-state index contributed by atoms with van der Waals surface area (Å²) in [6, 6.07) is 14.1. The average molecular weight is 490 g/mol. The van der Waals surface area contributed by atoms with E-state index in [-0.39, 0.29) is 22.7 Å². The lowest BCUT2D eigenvalue weighted by atomic mass is 9.71. The fraction of sp³-hybridized carbons (Fsp3) is 0.400. The zero-order valence-corrected chi connectivity index (χ0v) is 19.6. The van der Waals surface area contributed by atoms with Crippen LogP contribution in [0.4, 0.5) is 4.39 Å². The van der Waals surface area contributed by atoms with E-state index in [1.54, 1.807) is 6.07 Å². The minimum atomic E-state index is -0.683. The Labute approximate surface area is 202 Å². The van der Waals surface area contributed by atoms with Crippen LogP contribution in [0.1, 0.15) is 31.4 Å². The lowest BCUT2D eigenvalue weighted by molar-refractivity contribution is 0.0709. The molecule has 3 aliphatic rings. The third-order valence-electron chi connectivity index (χ3n) is 6.84. The SMILES string of the molecule is OC(CNC12CCC(NCc3ccc4cc(Cl)ccc4n3)(C1)C2)COc1ccc(Cl)c(F)c1. The summed E-state index contributed by atoms with van der Waals surface area (Å²) < 4.78 is 19.0. The van der Waals surface area contributed by atoms with Crippen molar-refractivity contribution in [3.8, 4) is 5.75 Å². The van der Waals surface area contributed by atoms with Crippen molar-refractivity contribution in [2.24, 2.45) is 0 Å². The maximum Gasteiger partial charge on any atom is 0.145 e. The Morgan fingerprint density at radius 2 is 1.82 bits per heavy atom. The number of ether oxygens (including phenoxy) is 1. The van der Waals surface area contributed by atoms with Crippen LogP contribution in [0.5, 0.6) is 5.75 Å². The number of halogens is 3. The molecule has 0 amide bonds. The summed E-state index contributed by atoms with van der Waals surface area (Å²) in [5.74, 6) is -0.180. The molecule has 3 fully saturated rings. The zero-order valence-electron chi connectivity index (χ0n) is 18.1. The van der Waals surface area contributed by atoms with Gasteiger partial charge < -0.3 is 20.5 Å². The minimum Gasteiger partial charge on any atom is -0.491 e. The molecule has 33 heavy (non-hydrogen) atoms. The molecule has 1 atom stereocenters. The molecule has 8 heteroatoms. The van der Waals surface area contributed by atoms with Gasteiger partial charge in [0.15, 0.2) is 0 Å². The summed E-state index contributed by atoms with van der Waals surface area (Å²) in [7, 11) is 0. The maximum absolute atomic E-state index is 13.5. The first-order valence-electron chi connectivity index (χ1n) is 11.2. The van der Waals surface area contributed by atoms with Gasteiger partial charge in [-0.15, -0.1) is 0 Å². The van der Waals surface area contributed by atoms with Gasteiger partial charge in [0.05, 0.1) is 16.2 Å². The predicted octanol–water partition coefficient (Wildman–Crippen LogP) is 4.87. The average Bonchev–Trinajstić information content (AvgIpc) is 3.33. The summed E-state index contributed by atoms with van der Waals surface area (Å²) in [6.07, 6.45) is 3.54. The summed E-state index contributed by atoms with van der Waals surface area (Å²) in [5.41, 5.74) is 2.16. The highest BCUT2D eigenvalue weighted by Gasteiger charge is 2.60. The van der Waals surface area contributed by atoms with Crippen molar-refractivity contribution in [1.82, 2.24) is 15.6 Å². The van der Waals surface area contributed by atoms with E-state index in [2.05, 4.69) is 16.7 Å². The molecule has 1 aromatic heterocycles. The van der Waals surface area contributed by atoms with Crippen molar-refractivity contribution in [3.05, 3.63) is 70.1 Å². The fourth-order valence-electron chi connectivity index (χ4n) is 5.17. The standard InChI is InChI=1S/C25H26Cl2FN3O2/c26-17-2-6-23-16(9-17)1-3-18(31-23)11-29-24-7-8-25(14-24,15-24)30-12-19(32)13-33-20-4-5-21(27)22(28)10-20/h1-6,9-10,19,29-30,32H,7-8,11-15H2. The molecule has 0 saturated heterocycles. The number of pyridine rings is 1. The molecule has 0 spiro atoms. The van der Waals surface area contributed by atoms with E-state index in [9.17, 15) is 9.50 Å². The third kappa shape index (κ3) is 4.96. The van der Waals surface area contributed by atoms with Crippen LogP contribution in [0.3, 0.4) is 0 Å². The number of hydrogen-bond acceptors (Lipinski definition) is 5. The highest BCUT2D eigenvalue weighted by molar-refractivity contribution is 6.31. The van der Waals surface area contributed by atoms with Crippen molar-refractivity contribution in [1.29, 1.82) is 0 Å². The number of β-amino-alcohol motifs (C(OH)–C–C–N with tert-alkyl or cyclic N) is 1. The second-order valence-electron chi connectivity index (χ2n) is 9.33. The lowest BCUT2D eigenvalue weighted by Gasteiger charge is -2.49. The number of rotatable bonds is 9. The first-order chi connectivity index (χ1) is 15.8. The van der Waals surface area contributed by atoms with Gasteiger partial charge in [-0.1, -0.05) is 29.3 Å². The van der Waals surface area contributed by atoms with E-state index in [1.807, 2.05) is 24.3 Å². The Hall–Kier alpha value is -1.96. The van der Waals surface area contributed by atoms with Crippen molar-refractivity contribution in [3.63, 3.8) is 0 Å². The van der Waals surface area contributed by atoms with Crippen molar-refractivity contribution in [2.75, 3.05) is 13.2 Å². The number of benzene rings is 2. The molecule has 2 bridgehead atoms. The summed E-state index contributed by atoms with van der Waals surface area (Å²) >= 11 is 11.7. The van der Waals surface area contributed by atoms with Gasteiger partial charge in [-0.3, -0.25) is 4.98 Å². The van der Waals surface area contributed by atoms with Gasteiger partial charge in [0.1, 0.15) is 24.3 Å². The minimum absolute atomic E-state index is 0.0493. The van der Waals surface area contributed by atoms with E-state index in [1.165, 1.54) is 12.1 Å². The van der Waals surface area contributed by atoms with Crippen LogP contribution in [0.2, 0.25) is 10.0 Å². The number of hydrogen-bond donors (Lipinski definition) is 3. The van der Waals surface area contributed by atoms with E-state index in [0.29, 0.717) is 17.3 Å². The molecule has 0 aliphatic heterocycles. The quantitative estimate of drug-likeness (QED) is 0.400. The number of fused-ring (bicyclic) bond motifs is 2. The molecule has 6 rings (SSSR count). The Bertz CT molecular complexity index is 1170. The van der Waals surface area contributed by atoms with Crippen LogP contribution in [0.25, 0.3) is 10.9 Å². The molecular weight excluding hydrogens is 464 g/mol. The molecule has 3 N–H and O–H groups in total. The summed E-state index contributed by atoms with van der Waals surface area (Å²) in [4.78, 5) is 4.74. The van der Waals surface area contributed by atoms with Crippen molar-refractivity contribution < 1.29 is 14.2 Å². The van der Waals surface area contributed by atoms with E-state index >= 15 is 0 Å². The number of aliphatic hydroxyl groups is 1. The first-order valence-corrected chi connectivity index (χ1v) is 11.9. The number of nitrogens with one attached hydrogen (secondary N) is 2. The number of nitrogens with zero attached hydrogens (tertiary/aromatic N) is 1. The normalized spacial score (nSPS) is 24.6. The van der Waals surface area contributed by atoms with Crippen LogP contribution in [-0.4, -0.2) is 40.4 Å². The smallest absolute Gasteiger partial charge is 0.145 e. The maximum atomic E-state index is 13.5. The molecule has 2 aromatic carbocycles. The van der Waals surface area contributed by atoms with Gasteiger partial charge in [0, 0.05) is 40.6 Å². The molecule has 174 valence electrons. The van der Waals surface area contributed by atoms with Crippen LogP contribution >= 0.6 is 23.2 Å². The van der Waals surface area contributed by atoms with Gasteiger partial charge in [-0.2, -0.15) is 0 Å². The van der Waals surface area contributed by atoms with Crippen LogP contribution in [0.15, 0.2) is 48.5 Å². The monoisotopic (exact) mass is 489 g/mol. The summed E-state index contributed by atoms with van der Waals surface area (Å²) in [5, 5.41) is 19.4. The Morgan fingerprint density at radius 3 is 2.61 bits per heavy atom. The Balaban J connectivity index is 1.08. The third-order valence-corrected chi connectivity index (χ3v) is 7.38. The molecule has 1 heterocycles. The molecule has 0 radical (unpaired) electrons. The molecule has 3 aromatic rings. The first kappa shape index (κ1) is 22.8. The van der Waals surface area contributed by atoms with E-state index in [0.717, 1.165) is 48.8 Å². The molecule has 5 nitrogen and oxygen atoms in total. The Kier molecular flexibility index (Phi) is 6.23. The van der Waals surface area contributed by atoms with E-state index in [4.69, 9.17) is 32.9 Å². The lowest BCUT2D eigenvalue weighted by Crippen LogP contribution is -2.63. The fourth-order valence-corrected chi connectivity index (χ4v) is 5.47. The van der Waals surface area contributed by atoms with Crippen LogP contribution in [0, 0.1) is 5.82 Å². The predicted molar refractivity (Wildman–Crippen MR) is 128 cm³/mol. The van der Waals surface area contributed by atoms with E-state index < -0.39 is 11.9 Å². The summed E-state index contributed by atoms with van der Waals surface area (Å²) in [6.45, 7) is 1.25. The van der Waals surface area contributed by atoms with Gasteiger partial charge in [0.25, 0.3) is 0 Å². The number of aromatic nitrogens is 1. The Morgan fingerprint density at radius 1 is 1.03 bits per heavy atom.